The fourth-order valence-electron chi connectivity index (χ4n) is 2.44. The van der Waals surface area contributed by atoms with Crippen LogP contribution in [0.4, 0.5) is 5.82 Å². The monoisotopic (exact) mass is 346 g/mol. The number of benzene rings is 1. The highest BCUT2D eigenvalue weighted by molar-refractivity contribution is 7.16. The van der Waals surface area contributed by atoms with Crippen molar-refractivity contribution in [3.8, 4) is 16.4 Å². The molecular weight excluding hydrogens is 332 g/mol. The lowest BCUT2D eigenvalue weighted by atomic mass is 10.1. The molecule has 0 aliphatic carbocycles. The fourth-order valence-corrected chi connectivity index (χ4v) is 3.39. The first-order valence-corrected chi connectivity index (χ1v) is 8.55. The third kappa shape index (κ3) is 3.20. The predicted octanol–water partition coefficient (Wildman–Crippen LogP) is 4.25. The first-order valence-electron chi connectivity index (χ1n) is 7.73. The number of pyridine rings is 1. The van der Waals surface area contributed by atoms with Crippen molar-refractivity contribution < 1.29 is 4.79 Å². The molecular formula is C19H14N4OS. The highest BCUT2D eigenvalue weighted by Gasteiger charge is 2.20. The molecule has 1 amide bonds. The highest BCUT2D eigenvalue weighted by Crippen LogP contribution is 2.30. The number of nitrogens with one attached hydrogen (secondary N) is 1. The number of carbonyl (C=O) groups excluding carboxylic acids is 1. The van der Waals surface area contributed by atoms with E-state index in [0.717, 1.165) is 10.7 Å². The Morgan fingerprint density at radius 3 is 2.44 bits per heavy atom. The standard InChI is InChI=1S/C19H14N4OS/c24-18(21-15-10-4-5-11-20-15)17-16(14-8-2-1-3-9-14)22-19(25-17)23-12-6-7-13-23/h1-13H,(H,20,21,24). The van der Waals surface area contributed by atoms with Crippen molar-refractivity contribution >= 4 is 23.1 Å². The molecule has 4 aromatic rings. The summed E-state index contributed by atoms with van der Waals surface area (Å²) in [7, 11) is 0. The Balaban J connectivity index is 1.76. The summed E-state index contributed by atoms with van der Waals surface area (Å²) < 4.78 is 1.90. The number of rotatable bonds is 4. The van der Waals surface area contributed by atoms with Gasteiger partial charge in [0, 0.05) is 24.2 Å². The van der Waals surface area contributed by atoms with Crippen molar-refractivity contribution in [1.29, 1.82) is 0 Å². The van der Waals surface area contributed by atoms with Crippen LogP contribution in [0.25, 0.3) is 16.4 Å². The molecule has 3 aromatic heterocycles. The summed E-state index contributed by atoms with van der Waals surface area (Å²) in [5.41, 5.74) is 1.58. The lowest BCUT2D eigenvalue weighted by Crippen LogP contribution is -2.12. The smallest absolute Gasteiger partial charge is 0.269 e. The van der Waals surface area contributed by atoms with Crippen LogP contribution in [-0.2, 0) is 0 Å². The zero-order valence-electron chi connectivity index (χ0n) is 13.2. The molecule has 0 unspecified atom stereocenters. The number of carbonyl (C=O) groups is 1. The van der Waals surface area contributed by atoms with Gasteiger partial charge in [0.05, 0.1) is 5.69 Å². The Bertz CT molecular complexity index is 979. The number of aromatic nitrogens is 3. The van der Waals surface area contributed by atoms with Crippen LogP contribution < -0.4 is 5.32 Å². The van der Waals surface area contributed by atoms with E-state index in [1.807, 2.05) is 71.6 Å². The van der Waals surface area contributed by atoms with Crippen LogP contribution in [0.5, 0.6) is 0 Å². The Hall–Kier alpha value is -3.25. The average molecular weight is 346 g/mol. The van der Waals surface area contributed by atoms with Crippen LogP contribution in [-0.4, -0.2) is 20.4 Å². The van der Waals surface area contributed by atoms with E-state index in [9.17, 15) is 4.79 Å². The molecule has 0 saturated heterocycles. The van der Waals surface area contributed by atoms with Gasteiger partial charge in [-0.25, -0.2) is 9.97 Å². The Morgan fingerprint density at radius 1 is 0.960 bits per heavy atom. The van der Waals surface area contributed by atoms with Crippen molar-refractivity contribution in [3.05, 3.63) is 84.1 Å². The van der Waals surface area contributed by atoms with Gasteiger partial charge in [-0.15, -0.1) is 0 Å². The summed E-state index contributed by atoms with van der Waals surface area (Å²) in [6.07, 6.45) is 5.47. The summed E-state index contributed by atoms with van der Waals surface area (Å²) in [6.45, 7) is 0. The summed E-state index contributed by atoms with van der Waals surface area (Å²) in [4.78, 5) is 22.2. The summed E-state index contributed by atoms with van der Waals surface area (Å²) in [5, 5.41) is 3.58. The van der Waals surface area contributed by atoms with Crippen LogP contribution >= 0.6 is 11.3 Å². The molecule has 0 spiro atoms. The van der Waals surface area contributed by atoms with Gasteiger partial charge in [0.1, 0.15) is 10.7 Å². The summed E-state index contributed by atoms with van der Waals surface area (Å²) in [6, 6.07) is 19.0. The number of thiazole rings is 1. The molecule has 3 heterocycles. The molecule has 0 atom stereocenters. The number of hydrogen-bond donors (Lipinski definition) is 1. The molecule has 4 rings (SSSR count). The van der Waals surface area contributed by atoms with Crippen LogP contribution in [0.1, 0.15) is 9.67 Å². The maximum absolute atomic E-state index is 12.8. The van der Waals surface area contributed by atoms with E-state index in [1.54, 1.807) is 12.3 Å². The van der Waals surface area contributed by atoms with Crippen molar-refractivity contribution in [3.63, 3.8) is 0 Å². The quantitative estimate of drug-likeness (QED) is 0.601. The van der Waals surface area contributed by atoms with Gasteiger partial charge in [0.25, 0.3) is 5.91 Å². The van der Waals surface area contributed by atoms with E-state index >= 15 is 0 Å². The first-order chi connectivity index (χ1) is 12.3. The van der Waals surface area contributed by atoms with Crippen LogP contribution in [0, 0.1) is 0 Å². The van der Waals surface area contributed by atoms with Gasteiger partial charge in [0.2, 0.25) is 0 Å². The fraction of sp³-hybridized carbons (Fsp3) is 0. The first kappa shape index (κ1) is 15.3. The third-order valence-electron chi connectivity index (χ3n) is 3.60. The van der Waals surface area contributed by atoms with E-state index in [2.05, 4.69) is 15.3 Å². The van der Waals surface area contributed by atoms with Crippen molar-refractivity contribution in [2.24, 2.45) is 0 Å². The van der Waals surface area contributed by atoms with Gasteiger partial charge >= 0.3 is 0 Å². The van der Waals surface area contributed by atoms with Crippen LogP contribution in [0.3, 0.4) is 0 Å². The van der Waals surface area contributed by atoms with E-state index in [1.165, 1.54) is 11.3 Å². The van der Waals surface area contributed by atoms with Gasteiger partial charge in [-0.05, 0) is 24.3 Å². The topological polar surface area (TPSA) is 59.8 Å². The molecule has 0 aliphatic heterocycles. The van der Waals surface area contributed by atoms with Crippen LogP contribution in [0.15, 0.2) is 79.3 Å². The number of amides is 1. The SMILES string of the molecule is O=C(Nc1ccccn1)c1sc(-n2cccc2)nc1-c1ccccc1. The minimum Gasteiger partial charge on any atom is -0.306 e. The molecule has 1 aromatic carbocycles. The maximum atomic E-state index is 12.8. The van der Waals surface area contributed by atoms with Crippen molar-refractivity contribution in [2.75, 3.05) is 5.32 Å². The molecule has 6 heteroatoms. The molecule has 25 heavy (non-hydrogen) atoms. The van der Waals surface area contributed by atoms with Crippen molar-refractivity contribution in [1.82, 2.24) is 14.5 Å². The maximum Gasteiger partial charge on any atom is 0.269 e. The number of anilines is 1. The second-order valence-electron chi connectivity index (χ2n) is 5.30. The minimum absolute atomic E-state index is 0.214. The van der Waals surface area contributed by atoms with Gasteiger partial charge in [-0.1, -0.05) is 47.7 Å². The Kier molecular flexibility index (Phi) is 4.10. The van der Waals surface area contributed by atoms with Gasteiger partial charge in [-0.3, -0.25) is 4.79 Å². The Morgan fingerprint density at radius 2 is 1.72 bits per heavy atom. The van der Waals surface area contributed by atoms with Gasteiger partial charge in [-0.2, -0.15) is 0 Å². The predicted molar refractivity (Wildman–Crippen MR) is 99.1 cm³/mol. The molecule has 1 N–H and O–H groups in total. The van der Waals surface area contributed by atoms with E-state index in [-0.39, 0.29) is 5.91 Å². The third-order valence-corrected chi connectivity index (χ3v) is 4.67. The second-order valence-corrected chi connectivity index (χ2v) is 6.28. The highest BCUT2D eigenvalue weighted by atomic mass is 32.1. The van der Waals surface area contributed by atoms with E-state index in [0.29, 0.717) is 16.4 Å². The molecule has 122 valence electrons. The Labute approximate surface area is 148 Å². The number of hydrogen-bond acceptors (Lipinski definition) is 4. The molecule has 0 aliphatic rings. The molecule has 0 radical (unpaired) electrons. The zero-order valence-corrected chi connectivity index (χ0v) is 14.0. The van der Waals surface area contributed by atoms with Crippen molar-refractivity contribution in [2.45, 2.75) is 0 Å². The number of nitrogens with zero attached hydrogens (tertiary/aromatic N) is 3. The average Bonchev–Trinajstić information content (AvgIpc) is 3.33. The lowest BCUT2D eigenvalue weighted by Gasteiger charge is -2.04. The van der Waals surface area contributed by atoms with E-state index in [4.69, 9.17) is 0 Å². The van der Waals surface area contributed by atoms with E-state index < -0.39 is 0 Å². The summed E-state index contributed by atoms with van der Waals surface area (Å²) in [5.74, 6) is 0.302. The normalized spacial score (nSPS) is 10.6. The minimum atomic E-state index is -0.214. The molecule has 0 fully saturated rings. The summed E-state index contributed by atoms with van der Waals surface area (Å²) >= 11 is 1.35. The van der Waals surface area contributed by atoms with Gasteiger partial charge in [0.15, 0.2) is 5.13 Å². The van der Waals surface area contributed by atoms with Crippen LogP contribution in [0.2, 0.25) is 0 Å². The zero-order chi connectivity index (χ0) is 17.1. The largest absolute Gasteiger partial charge is 0.306 e. The lowest BCUT2D eigenvalue weighted by molar-refractivity contribution is 0.103. The van der Waals surface area contributed by atoms with Gasteiger partial charge < -0.3 is 9.88 Å². The molecule has 0 bridgehead atoms. The molecule has 0 saturated carbocycles. The molecule has 5 nitrogen and oxygen atoms in total. The second kappa shape index (κ2) is 6.70.